The van der Waals surface area contributed by atoms with Crippen LogP contribution in [0.1, 0.15) is 56.2 Å². The van der Waals surface area contributed by atoms with Crippen LogP contribution in [0.3, 0.4) is 0 Å². The standard InChI is InChI=1S/C32H35NO4S2/c1-4-23(3)26-13-15-27(16-14-26)36-18-9-19-37-28-17-12-25(20-29(28)35-5-2)21-30-31(34)33(32(38)39-30)22-24-10-7-6-8-11-24/h6-8,10-17,20-21,23H,4-5,9,18-19,22H2,1-3H3/b30-21+/t23-/m1/s1. The van der Waals surface area contributed by atoms with Crippen molar-refractivity contribution in [3.8, 4) is 17.2 Å². The van der Waals surface area contributed by atoms with Gasteiger partial charge in [0.1, 0.15) is 10.1 Å². The highest BCUT2D eigenvalue weighted by molar-refractivity contribution is 8.26. The molecule has 0 bridgehead atoms. The van der Waals surface area contributed by atoms with Gasteiger partial charge >= 0.3 is 0 Å². The number of thiocarbonyl (C=S) groups is 1. The largest absolute Gasteiger partial charge is 0.493 e. The lowest BCUT2D eigenvalue weighted by Crippen LogP contribution is -2.27. The number of amides is 1. The van der Waals surface area contributed by atoms with Crippen LogP contribution in [0, 0.1) is 0 Å². The summed E-state index contributed by atoms with van der Waals surface area (Å²) in [5, 5.41) is 0. The van der Waals surface area contributed by atoms with Gasteiger partial charge in [-0.3, -0.25) is 9.69 Å². The van der Waals surface area contributed by atoms with Crippen molar-refractivity contribution in [2.75, 3.05) is 19.8 Å². The second-order valence-corrected chi connectivity index (χ2v) is 11.0. The number of hydrogen-bond donors (Lipinski definition) is 0. The fourth-order valence-electron chi connectivity index (χ4n) is 4.12. The number of rotatable bonds is 13. The van der Waals surface area contributed by atoms with E-state index in [4.69, 9.17) is 26.4 Å². The molecule has 0 aliphatic carbocycles. The number of hydrogen-bond acceptors (Lipinski definition) is 6. The van der Waals surface area contributed by atoms with Gasteiger partial charge in [-0.25, -0.2) is 0 Å². The Morgan fingerprint density at radius 1 is 0.923 bits per heavy atom. The Labute approximate surface area is 241 Å². The third kappa shape index (κ3) is 7.87. The molecule has 1 amide bonds. The summed E-state index contributed by atoms with van der Waals surface area (Å²) in [7, 11) is 0. The van der Waals surface area contributed by atoms with Crippen molar-refractivity contribution < 1.29 is 19.0 Å². The Balaban J connectivity index is 1.32. The maximum absolute atomic E-state index is 13.0. The second kappa shape index (κ2) is 14.2. The quantitative estimate of drug-likeness (QED) is 0.120. The number of nitrogens with zero attached hydrogens (tertiary/aromatic N) is 1. The molecule has 0 radical (unpaired) electrons. The topological polar surface area (TPSA) is 48.0 Å². The SMILES string of the molecule is CCOc1cc(/C=C2/SC(=S)N(Cc3ccccc3)C2=O)ccc1OCCCOc1ccc([C@H](C)CC)cc1. The van der Waals surface area contributed by atoms with Crippen LogP contribution in [0.15, 0.2) is 77.7 Å². The van der Waals surface area contributed by atoms with Gasteiger partial charge in [-0.05, 0) is 66.3 Å². The molecule has 3 aromatic carbocycles. The molecule has 5 nitrogen and oxygen atoms in total. The second-order valence-electron chi connectivity index (χ2n) is 9.32. The van der Waals surface area contributed by atoms with E-state index in [2.05, 4.69) is 26.0 Å². The normalized spacial score (nSPS) is 15.1. The fraction of sp³-hybridized carbons (Fsp3) is 0.312. The predicted octanol–water partition coefficient (Wildman–Crippen LogP) is 7.85. The molecule has 0 saturated carbocycles. The predicted molar refractivity (Wildman–Crippen MR) is 164 cm³/mol. The fourth-order valence-corrected chi connectivity index (χ4v) is 5.37. The van der Waals surface area contributed by atoms with Crippen molar-refractivity contribution in [3.63, 3.8) is 0 Å². The van der Waals surface area contributed by atoms with E-state index in [-0.39, 0.29) is 5.91 Å². The Morgan fingerprint density at radius 3 is 2.38 bits per heavy atom. The first kappa shape index (κ1) is 28.7. The lowest BCUT2D eigenvalue weighted by Gasteiger charge is -2.14. The first-order valence-corrected chi connectivity index (χ1v) is 14.6. The van der Waals surface area contributed by atoms with Gasteiger partial charge in [-0.2, -0.15) is 0 Å². The van der Waals surface area contributed by atoms with Crippen molar-refractivity contribution >= 4 is 40.3 Å². The first-order valence-electron chi connectivity index (χ1n) is 13.4. The summed E-state index contributed by atoms with van der Waals surface area (Å²) in [5.41, 5.74) is 3.23. The smallest absolute Gasteiger partial charge is 0.266 e. The van der Waals surface area contributed by atoms with Crippen LogP contribution in [0.4, 0.5) is 0 Å². The Morgan fingerprint density at radius 2 is 1.67 bits per heavy atom. The van der Waals surface area contributed by atoms with Gasteiger partial charge in [0.15, 0.2) is 11.5 Å². The summed E-state index contributed by atoms with van der Waals surface area (Å²) in [6.45, 7) is 8.41. The number of ether oxygens (including phenoxy) is 3. The molecule has 1 saturated heterocycles. The number of thioether (sulfide) groups is 1. The van der Waals surface area contributed by atoms with Gasteiger partial charge in [0.25, 0.3) is 5.91 Å². The minimum atomic E-state index is -0.0818. The summed E-state index contributed by atoms with van der Waals surface area (Å²) in [5.74, 6) is 2.66. The number of carbonyl (C=O) groups is 1. The Kier molecular flexibility index (Phi) is 10.5. The Bertz CT molecular complexity index is 1290. The van der Waals surface area contributed by atoms with Crippen LogP contribution in [-0.4, -0.2) is 34.9 Å². The molecule has 1 fully saturated rings. The monoisotopic (exact) mass is 561 g/mol. The summed E-state index contributed by atoms with van der Waals surface area (Å²) in [6.07, 6.45) is 3.72. The van der Waals surface area contributed by atoms with Crippen molar-refractivity contribution in [1.29, 1.82) is 0 Å². The van der Waals surface area contributed by atoms with E-state index >= 15 is 0 Å². The van der Waals surface area contributed by atoms with Crippen LogP contribution < -0.4 is 14.2 Å². The van der Waals surface area contributed by atoms with E-state index in [1.54, 1.807) is 4.90 Å². The van der Waals surface area contributed by atoms with E-state index in [1.807, 2.05) is 73.7 Å². The molecule has 1 aliphatic heterocycles. The van der Waals surface area contributed by atoms with E-state index in [0.29, 0.717) is 53.0 Å². The zero-order valence-corrected chi connectivity index (χ0v) is 24.4. The van der Waals surface area contributed by atoms with Gasteiger partial charge < -0.3 is 14.2 Å². The van der Waals surface area contributed by atoms with Gasteiger partial charge in [-0.1, -0.05) is 86.4 Å². The van der Waals surface area contributed by atoms with Crippen LogP contribution in [0.2, 0.25) is 0 Å². The molecule has 1 heterocycles. The molecular formula is C32H35NO4S2. The molecule has 39 heavy (non-hydrogen) atoms. The number of benzene rings is 3. The maximum Gasteiger partial charge on any atom is 0.266 e. The van der Waals surface area contributed by atoms with Crippen LogP contribution >= 0.6 is 24.0 Å². The molecule has 4 rings (SSSR count). The van der Waals surface area contributed by atoms with E-state index < -0.39 is 0 Å². The van der Waals surface area contributed by atoms with Gasteiger partial charge in [0, 0.05) is 6.42 Å². The van der Waals surface area contributed by atoms with E-state index in [9.17, 15) is 4.79 Å². The van der Waals surface area contributed by atoms with Crippen LogP contribution in [0.25, 0.3) is 6.08 Å². The van der Waals surface area contributed by atoms with Gasteiger partial charge in [0.2, 0.25) is 0 Å². The van der Waals surface area contributed by atoms with Crippen molar-refractivity contribution in [2.24, 2.45) is 0 Å². The van der Waals surface area contributed by atoms with Gasteiger partial charge in [-0.15, -0.1) is 0 Å². The molecule has 1 atom stereocenters. The van der Waals surface area contributed by atoms with Gasteiger partial charge in [0.05, 0.1) is 31.3 Å². The molecule has 1 aliphatic rings. The average Bonchev–Trinajstić information content (AvgIpc) is 3.21. The summed E-state index contributed by atoms with van der Waals surface area (Å²) in [4.78, 5) is 15.3. The van der Waals surface area contributed by atoms with Crippen molar-refractivity contribution in [3.05, 3.63) is 94.4 Å². The zero-order valence-electron chi connectivity index (χ0n) is 22.7. The molecule has 3 aromatic rings. The zero-order chi connectivity index (χ0) is 27.6. The molecule has 0 N–H and O–H groups in total. The van der Waals surface area contributed by atoms with E-state index in [0.717, 1.165) is 29.7 Å². The Hall–Kier alpha value is -3.29. The van der Waals surface area contributed by atoms with Crippen molar-refractivity contribution in [2.45, 2.75) is 46.1 Å². The highest BCUT2D eigenvalue weighted by atomic mass is 32.2. The maximum atomic E-state index is 13.0. The molecular weight excluding hydrogens is 526 g/mol. The molecule has 0 spiro atoms. The lowest BCUT2D eigenvalue weighted by molar-refractivity contribution is -0.122. The third-order valence-electron chi connectivity index (χ3n) is 6.50. The minimum absolute atomic E-state index is 0.0818. The molecule has 204 valence electrons. The summed E-state index contributed by atoms with van der Waals surface area (Å²) in [6, 6.07) is 23.9. The average molecular weight is 562 g/mol. The first-order chi connectivity index (χ1) is 19.0. The lowest BCUT2D eigenvalue weighted by atomic mass is 9.99. The van der Waals surface area contributed by atoms with Crippen molar-refractivity contribution in [1.82, 2.24) is 4.90 Å². The molecule has 7 heteroatoms. The third-order valence-corrected chi connectivity index (χ3v) is 7.88. The summed E-state index contributed by atoms with van der Waals surface area (Å²) < 4.78 is 18.3. The van der Waals surface area contributed by atoms with Crippen LogP contribution in [0.5, 0.6) is 17.2 Å². The highest BCUT2D eigenvalue weighted by Crippen LogP contribution is 2.35. The molecule has 0 unspecified atom stereocenters. The molecule has 0 aromatic heterocycles. The number of carbonyl (C=O) groups excluding carboxylic acids is 1. The summed E-state index contributed by atoms with van der Waals surface area (Å²) >= 11 is 6.81. The van der Waals surface area contributed by atoms with E-state index in [1.165, 1.54) is 17.3 Å². The minimum Gasteiger partial charge on any atom is -0.493 e. The van der Waals surface area contributed by atoms with Crippen LogP contribution in [-0.2, 0) is 11.3 Å². The highest BCUT2D eigenvalue weighted by Gasteiger charge is 2.32.